The van der Waals surface area contributed by atoms with Crippen molar-refractivity contribution in [1.82, 2.24) is 14.5 Å². The van der Waals surface area contributed by atoms with E-state index in [4.69, 9.17) is 16.3 Å². The maximum atomic E-state index is 12.5. The highest BCUT2D eigenvalue weighted by Gasteiger charge is 2.45. The molecule has 0 radical (unpaired) electrons. The molecule has 1 amide bonds. The van der Waals surface area contributed by atoms with E-state index in [9.17, 15) is 15.0 Å². The zero-order valence-corrected chi connectivity index (χ0v) is 20.5. The highest BCUT2D eigenvalue weighted by atomic mass is 35.5. The lowest BCUT2D eigenvalue weighted by molar-refractivity contribution is -0.116. The lowest BCUT2D eigenvalue weighted by atomic mass is 10.0. The van der Waals surface area contributed by atoms with Gasteiger partial charge in [-0.1, -0.05) is 58.3 Å². The fourth-order valence-corrected chi connectivity index (χ4v) is 4.48. The summed E-state index contributed by atoms with van der Waals surface area (Å²) in [7, 11) is 0. The maximum absolute atomic E-state index is 12.5. The van der Waals surface area contributed by atoms with Gasteiger partial charge in [-0.05, 0) is 31.0 Å². The van der Waals surface area contributed by atoms with Gasteiger partial charge in [0.05, 0.1) is 18.1 Å². The van der Waals surface area contributed by atoms with Gasteiger partial charge < -0.3 is 24.8 Å². The van der Waals surface area contributed by atoms with Crippen molar-refractivity contribution in [3.8, 4) is 0 Å². The number of aliphatic hydroxyl groups is 2. The van der Waals surface area contributed by atoms with Crippen molar-refractivity contribution in [2.45, 2.75) is 102 Å². The molecule has 3 atom stereocenters. The minimum Gasteiger partial charge on any atom is -0.393 e. The molecule has 3 N–H and O–H groups in total. The summed E-state index contributed by atoms with van der Waals surface area (Å²) in [4.78, 5) is 21.0. The van der Waals surface area contributed by atoms with Crippen LogP contribution in [-0.2, 0) is 9.53 Å². The van der Waals surface area contributed by atoms with Crippen molar-refractivity contribution in [1.29, 1.82) is 0 Å². The van der Waals surface area contributed by atoms with Crippen LogP contribution in [0.25, 0.3) is 11.0 Å². The number of carbonyl (C=O) groups excluding carboxylic acids is 1. The van der Waals surface area contributed by atoms with E-state index in [0.717, 1.165) is 19.3 Å². The van der Waals surface area contributed by atoms with Crippen LogP contribution in [0.2, 0.25) is 5.28 Å². The molecule has 3 rings (SSSR count). The molecule has 0 saturated carbocycles. The molecule has 184 valence electrons. The van der Waals surface area contributed by atoms with Gasteiger partial charge >= 0.3 is 0 Å². The smallest absolute Gasteiger partial charge is 0.226 e. The van der Waals surface area contributed by atoms with Crippen LogP contribution in [0.3, 0.4) is 0 Å². The molecule has 1 aliphatic rings. The fourth-order valence-electron chi connectivity index (χ4n) is 4.32. The number of ether oxygens (including phenoxy) is 1. The van der Waals surface area contributed by atoms with E-state index in [-0.39, 0.29) is 17.8 Å². The molecule has 0 bridgehead atoms. The molecule has 3 heterocycles. The number of anilines is 1. The molecule has 0 unspecified atom stereocenters. The first-order chi connectivity index (χ1) is 15.9. The number of hydrogen-bond acceptors (Lipinski definition) is 6. The van der Waals surface area contributed by atoms with E-state index < -0.39 is 17.9 Å². The first kappa shape index (κ1) is 25.9. The average Bonchev–Trinajstić information content (AvgIpc) is 3.33. The summed E-state index contributed by atoms with van der Waals surface area (Å²) < 4.78 is 7.66. The number of carbonyl (C=O) groups is 1. The second-order valence-electron chi connectivity index (χ2n) is 9.22. The number of rotatable bonds is 13. The molecule has 2 aromatic heterocycles. The predicted molar refractivity (Wildman–Crippen MR) is 129 cm³/mol. The van der Waals surface area contributed by atoms with Crippen molar-refractivity contribution in [3.05, 3.63) is 17.5 Å². The van der Waals surface area contributed by atoms with E-state index in [0.29, 0.717) is 29.7 Å². The van der Waals surface area contributed by atoms with Crippen molar-refractivity contribution < 1.29 is 19.7 Å². The second kappa shape index (κ2) is 12.1. The highest BCUT2D eigenvalue weighted by Crippen LogP contribution is 2.38. The number of fused-ring (bicyclic) bond motifs is 1. The van der Waals surface area contributed by atoms with E-state index >= 15 is 0 Å². The third-order valence-electron chi connectivity index (χ3n) is 6.47. The van der Waals surface area contributed by atoms with E-state index in [1.807, 2.05) is 0 Å². The van der Waals surface area contributed by atoms with Gasteiger partial charge in [0, 0.05) is 19.0 Å². The van der Waals surface area contributed by atoms with Crippen LogP contribution in [0.4, 0.5) is 5.82 Å². The van der Waals surface area contributed by atoms with Gasteiger partial charge in [0.2, 0.25) is 11.2 Å². The number of amides is 1. The van der Waals surface area contributed by atoms with Crippen LogP contribution in [0, 0.1) is 0 Å². The third-order valence-corrected chi connectivity index (χ3v) is 6.64. The zero-order valence-electron chi connectivity index (χ0n) is 19.7. The molecule has 1 fully saturated rings. The van der Waals surface area contributed by atoms with Crippen molar-refractivity contribution in [2.24, 2.45) is 0 Å². The first-order valence-electron chi connectivity index (χ1n) is 12.2. The lowest BCUT2D eigenvalue weighted by Crippen LogP contribution is -2.39. The summed E-state index contributed by atoms with van der Waals surface area (Å²) >= 11 is 6.14. The predicted octanol–water partition coefficient (Wildman–Crippen LogP) is 4.97. The number of aliphatic hydroxyl groups excluding tert-OH is 2. The number of halogens is 1. The molecular formula is C24H37ClN4O4. The minimum atomic E-state index is -1.04. The monoisotopic (exact) mass is 480 g/mol. The summed E-state index contributed by atoms with van der Waals surface area (Å²) in [5, 5.41) is 23.4. The van der Waals surface area contributed by atoms with E-state index in [1.165, 1.54) is 38.5 Å². The van der Waals surface area contributed by atoms with Crippen LogP contribution in [0.1, 0.15) is 90.7 Å². The van der Waals surface area contributed by atoms with Crippen LogP contribution in [-0.4, -0.2) is 49.0 Å². The molecule has 33 heavy (non-hydrogen) atoms. The summed E-state index contributed by atoms with van der Waals surface area (Å²) in [5.74, 6) is 0.273. The Morgan fingerprint density at radius 2 is 1.88 bits per heavy atom. The molecule has 2 aromatic rings. The quantitative estimate of drug-likeness (QED) is 0.275. The Balaban J connectivity index is 1.55. The Bertz CT molecular complexity index is 921. The third kappa shape index (κ3) is 6.66. The highest BCUT2D eigenvalue weighted by molar-refractivity contribution is 6.28. The van der Waals surface area contributed by atoms with Gasteiger partial charge in [-0.2, -0.15) is 9.97 Å². The molecule has 0 aliphatic carbocycles. The van der Waals surface area contributed by atoms with Crippen molar-refractivity contribution in [3.63, 3.8) is 0 Å². The van der Waals surface area contributed by atoms with Crippen LogP contribution in [0.15, 0.2) is 12.3 Å². The van der Waals surface area contributed by atoms with Gasteiger partial charge in [-0.3, -0.25) is 4.79 Å². The van der Waals surface area contributed by atoms with Gasteiger partial charge in [0.25, 0.3) is 0 Å². The van der Waals surface area contributed by atoms with Gasteiger partial charge in [0.1, 0.15) is 23.3 Å². The first-order valence-corrected chi connectivity index (χ1v) is 12.6. The maximum Gasteiger partial charge on any atom is 0.226 e. The molecule has 0 aromatic carbocycles. The SMILES string of the molecule is CCCCCCCCCCCC(=O)Nc1nc(Cl)nc2c1ccn2[C@H]1C[C@H](O)[C@@](C)(CO)O1. The Kier molecular flexibility index (Phi) is 9.49. The van der Waals surface area contributed by atoms with E-state index in [2.05, 4.69) is 22.2 Å². The normalized spacial score (nSPS) is 22.8. The topological polar surface area (TPSA) is 110 Å². The molecule has 0 spiro atoms. The minimum absolute atomic E-state index is 0.0179. The Hall–Kier alpha value is -1.74. The van der Waals surface area contributed by atoms with Crippen LogP contribution in [0.5, 0.6) is 0 Å². The summed E-state index contributed by atoms with van der Waals surface area (Å²) in [6.45, 7) is 3.60. The van der Waals surface area contributed by atoms with Crippen LogP contribution < -0.4 is 5.32 Å². The second-order valence-corrected chi connectivity index (χ2v) is 9.56. The molecule has 8 nitrogen and oxygen atoms in total. The zero-order chi connectivity index (χ0) is 23.8. The van der Waals surface area contributed by atoms with Crippen LogP contribution >= 0.6 is 11.6 Å². The van der Waals surface area contributed by atoms with Gasteiger partial charge in [0.15, 0.2) is 0 Å². The molecular weight excluding hydrogens is 444 g/mol. The summed E-state index contributed by atoms with van der Waals surface area (Å²) in [6, 6.07) is 1.80. The number of nitrogens with zero attached hydrogens (tertiary/aromatic N) is 3. The number of aromatic nitrogens is 3. The fraction of sp³-hybridized carbons (Fsp3) is 0.708. The van der Waals surface area contributed by atoms with Crippen molar-refractivity contribution >= 4 is 34.4 Å². The molecule has 1 saturated heterocycles. The van der Waals surface area contributed by atoms with Crippen molar-refractivity contribution in [2.75, 3.05) is 11.9 Å². The Morgan fingerprint density at radius 1 is 1.21 bits per heavy atom. The largest absolute Gasteiger partial charge is 0.393 e. The average molecular weight is 481 g/mol. The van der Waals surface area contributed by atoms with Gasteiger partial charge in [-0.15, -0.1) is 0 Å². The van der Waals surface area contributed by atoms with E-state index in [1.54, 1.807) is 23.8 Å². The summed E-state index contributed by atoms with van der Waals surface area (Å²) in [5.41, 5.74) is -0.530. The van der Waals surface area contributed by atoms with Gasteiger partial charge in [-0.25, -0.2) is 0 Å². The number of hydrogen-bond donors (Lipinski definition) is 3. The summed E-state index contributed by atoms with van der Waals surface area (Å²) in [6.07, 6.45) is 12.0. The lowest BCUT2D eigenvalue weighted by Gasteiger charge is -2.25. The number of nitrogens with one attached hydrogen (secondary N) is 1. The standard InChI is InChI=1S/C24H37ClN4O4/c1-3-4-5-6-7-8-9-10-11-12-19(32)26-21-17-13-14-29(22(17)28-23(25)27-21)20-15-18(31)24(2,16-30)33-20/h13-14,18,20,30-31H,3-12,15-16H2,1-2H3,(H,26,27,28,32)/t18-,20+,24+/m0/s1. The molecule has 1 aliphatic heterocycles. The Morgan fingerprint density at radius 3 is 2.52 bits per heavy atom. The number of unbranched alkanes of at least 4 members (excludes halogenated alkanes) is 8. The molecule has 9 heteroatoms. The Labute approximate surface area is 200 Å².